The lowest BCUT2D eigenvalue weighted by Crippen LogP contribution is -2.35. The molecule has 1 rings (SSSR count). The Morgan fingerprint density at radius 1 is 1.25 bits per heavy atom. The highest BCUT2D eigenvalue weighted by Crippen LogP contribution is 2.06. The van der Waals surface area contributed by atoms with Crippen molar-refractivity contribution in [3.63, 3.8) is 0 Å². The normalized spacial score (nSPS) is 10.7. The van der Waals surface area contributed by atoms with E-state index >= 15 is 0 Å². The van der Waals surface area contributed by atoms with Crippen LogP contribution in [0.1, 0.15) is 36.7 Å². The molecule has 4 heteroatoms. The number of benzene rings is 1. The van der Waals surface area contributed by atoms with Gasteiger partial charge in [0.15, 0.2) is 0 Å². The van der Waals surface area contributed by atoms with Crippen molar-refractivity contribution in [1.29, 1.82) is 0 Å². The third-order valence-electron chi connectivity index (χ3n) is 2.02. The quantitative estimate of drug-likeness (QED) is 0.858. The molecule has 0 aliphatic heterocycles. The first-order valence-electron chi connectivity index (χ1n) is 4.96. The van der Waals surface area contributed by atoms with Gasteiger partial charge < -0.3 is 10.4 Å². The molecule has 0 bridgehead atoms. The van der Waals surface area contributed by atoms with E-state index in [9.17, 15) is 4.79 Å². The van der Waals surface area contributed by atoms with E-state index in [1.165, 1.54) is 0 Å². The van der Waals surface area contributed by atoms with Gasteiger partial charge in [-0.2, -0.15) is 0 Å². The summed E-state index contributed by atoms with van der Waals surface area (Å²) in [6, 6.07) is 6.92. The second-order valence-electron chi connectivity index (χ2n) is 4.61. The zero-order valence-electron chi connectivity index (χ0n) is 9.78. The molecule has 0 fully saturated rings. The molecule has 3 nitrogen and oxygen atoms in total. The monoisotopic (exact) mass is 243 g/mol. The van der Waals surface area contributed by atoms with Crippen LogP contribution in [0.5, 0.6) is 0 Å². The van der Waals surface area contributed by atoms with Crippen molar-refractivity contribution in [1.82, 2.24) is 5.32 Å². The van der Waals surface area contributed by atoms with Gasteiger partial charge in [-0.25, -0.2) is 4.79 Å². The lowest BCUT2D eigenvalue weighted by Gasteiger charge is -2.20. The highest BCUT2D eigenvalue weighted by molar-refractivity contribution is 5.87. The molecule has 2 N–H and O–H groups in total. The fourth-order valence-electron chi connectivity index (χ4n) is 1.13. The van der Waals surface area contributed by atoms with Gasteiger partial charge in [0.05, 0.1) is 5.56 Å². The minimum atomic E-state index is -0.884. The molecule has 90 valence electrons. The third-order valence-corrected chi connectivity index (χ3v) is 2.02. The SMILES string of the molecule is CC(C)(C)NCc1ccc(C(=O)O)cc1.Cl. The van der Waals surface area contributed by atoms with E-state index in [0.29, 0.717) is 5.56 Å². The molecule has 0 saturated carbocycles. The molecule has 1 aromatic rings. The lowest BCUT2D eigenvalue weighted by molar-refractivity contribution is 0.0697. The molecule has 0 aliphatic rings. The van der Waals surface area contributed by atoms with Gasteiger partial charge in [-0.3, -0.25) is 0 Å². The molecule has 0 radical (unpaired) electrons. The molecule has 0 aromatic heterocycles. The molecule has 0 spiro atoms. The fourth-order valence-corrected chi connectivity index (χ4v) is 1.13. The number of hydrogen-bond donors (Lipinski definition) is 2. The van der Waals surface area contributed by atoms with Crippen molar-refractivity contribution < 1.29 is 9.90 Å². The van der Waals surface area contributed by atoms with E-state index in [1.54, 1.807) is 12.1 Å². The molecule has 0 saturated heterocycles. The van der Waals surface area contributed by atoms with Gasteiger partial charge in [0.1, 0.15) is 0 Å². The maximum absolute atomic E-state index is 10.6. The molecule has 16 heavy (non-hydrogen) atoms. The Kier molecular flexibility index (Phi) is 5.48. The zero-order valence-corrected chi connectivity index (χ0v) is 10.6. The first-order chi connectivity index (χ1) is 6.88. The number of hydrogen-bond acceptors (Lipinski definition) is 2. The summed E-state index contributed by atoms with van der Waals surface area (Å²) in [6.07, 6.45) is 0. The Bertz CT molecular complexity index is 341. The van der Waals surface area contributed by atoms with Crippen molar-refractivity contribution in [2.45, 2.75) is 32.9 Å². The summed E-state index contributed by atoms with van der Waals surface area (Å²) in [5, 5.41) is 12.1. The van der Waals surface area contributed by atoms with Crippen LogP contribution >= 0.6 is 12.4 Å². The van der Waals surface area contributed by atoms with Crippen LogP contribution in [-0.2, 0) is 6.54 Å². The van der Waals surface area contributed by atoms with Gasteiger partial charge in [0.2, 0.25) is 0 Å². The number of halogens is 1. The number of carboxylic acids is 1. The highest BCUT2D eigenvalue weighted by atomic mass is 35.5. The second-order valence-corrected chi connectivity index (χ2v) is 4.61. The van der Waals surface area contributed by atoms with Crippen LogP contribution in [0, 0.1) is 0 Å². The Balaban J connectivity index is 0.00000225. The van der Waals surface area contributed by atoms with Crippen LogP contribution in [0.15, 0.2) is 24.3 Å². The number of carbonyl (C=O) groups is 1. The molecular formula is C12H18ClNO2. The van der Waals surface area contributed by atoms with Crippen LogP contribution in [0.2, 0.25) is 0 Å². The van der Waals surface area contributed by atoms with Crippen molar-refractivity contribution in [3.05, 3.63) is 35.4 Å². The third kappa shape index (κ3) is 5.14. The fraction of sp³-hybridized carbons (Fsp3) is 0.417. The van der Waals surface area contributed by atoms with E-state index in [0.717, 1.165) is 12.1 Å². The van der Waals surface area contributed by atoms with Crippen molar-refractivity contribution >= 4 is 18.4 Å². The van der Waals surface area contributed by atoms with E-state index in [2.05, 4.69) is 26.1 Å². The van der Waals surface area contributed by atoms with E-state index < -0.39 is 5.97 Å². The number of carboxylic acid groups (broad SMARTS) is 1. The van der Waals surface area contributed by atoms with Gasteiger partial charge in [0, 0.05) is 12.1 Å². The largest absolute Gasteiger partial charge is 0.478 e. The Labute approximate surface area is 102 Å². The minimum Gasteiger partial charge on any atom is -0.478 e. The van der Waals surface area contributed by atoms with E-state index in [1.807, 2.05) is 12.1 Å². The van der Waals surface area contributed by atoms with Crippen LogP contribution < -0.4 is 5.32 Å². The second kappa shape index (κ2) is 5.87. The molecule has 0 aliphatic carbocycles. The standard InChI is InChI=1S/C12H17NO2.ClH/c1-12(2,3)13-8-9-4-6-10(7-5-9)11(14)15;/h4-7,13H,8H2,1-3H3,(H,14,15);1H. The van der Waals surface area contributed by atoms with E-state index in [-0.39, 0.29) is 17.9 Å². The summed E-state index contributed by atoms with van der Waals surface area (Å²) in [5.41, 5.74) is 1.50. The predicted molar refractivity (Wildman–Crippen MR) is 67.2 cm³/mol. The summed E-state index contributed by atoms with van der Waals surface area (Å²) in [6.45, 7) is 7.04. The lowest BCUT2D eigenvalue weighted by atomic mass is 10.1. The first kappa shape index (κ1) is 14.9. The van der Waals surface area contributed by atoms with Crippen LogP contribution in [-0.4, -0.2) is 16.6 Å². The Hall–Kier alpha value is -1.06. The molecule has 0 atom stereocenters. The zero-order chi connectivity index (χ0) is 11.5. The van der Waals surface area contributed by atoms with Crippen LogP contribution in [0.25, 0.3) is 0 Å². The summed E-state index contributed by atoms with van der Waals surface area (Å²) in [7, 11) is 0. The molecule has 0 unspecified atom stereocenters. The number of nitrogens with one attached hydrogen (secondary N) is 1. The first-order valence-corrected chi connectivity index (χ1v) is 4.96. The molecule has 0 heterocycles. The Morgan fingerprint density at radius 2 is 1.75 bits per heavy atom. The summed E-state index contributed by atoms with van der Waals surface area (Å²) >= 11 is 0. The van der Waals surface area contributed by atoms with Crippen LogP contribution in [0.4, 0.5) is 0 Å². The van der Waals surface area contributed by atoms with Crippen molar-refractivity contribution in [3.8, 4) is 0 Å². The van der Waals surface area contributed by atoms with Gasteiger partial charge in [-0.05, 0) is 38.5 Å². The highest BCUT2D eigenvalue weighted by Gasteiger charge is 2.08. The molecular weight excluding hydrogens is 226 g/mol. The van der Waals surface area contributed by atoms with Gasteiger partial charge in [0.25, 0.3) is 0 Å². The van der Waals surface area contributed by atoms with Crippen LogP contribution in [0.3, 0.4) is 0 Å². The maximum Gasteiger partial charge on any atom is 0.335 e. The molecule has 0 amide bonds. The van der Waals surface area contributed by atoms with Crippen molar-refractivity contribution in [2.24, 2.45) is 0 Å². The smallest absolute Gasteiger partial charge is 0.335 e. The van der Waals surface area contributed by atoms with Crippen molar-refractivity contribution in [2.75, 3.05) is 0 Å². The van der Waals surface area contributed by atoms with Gasteiger partial charge >= 0.3 is 5.97 Å². The predicted octanol–water partition coefficient (Wildman–Crippen LogP) is 2.69. The number of aromatic carboxylic acids is 1. The summed E-state index contributed by atoms with van der Waals surface area (Å²) < 4.78 is 0. The summed E-state index contributed by atoms with van der Waals surface area (Å²) in [4.78, 5) is 10.6. The average Bonchev–Trinajstić information content (AvgIpc) is 2.14. The minimum absolute atomic E-state index is 0. The average molecular weight is 244 g/mol. The molecule has 1 aromatic carbocycles. The maximum atomic E-state index is 10.6. The topological polar surface area (TPSA) is 49.3 Å². The van der Waals surface area contributed by atoms with E-state index in [4.69, 9.17) is 5.11 Å². The van der Waals surface area contributed by atoms with Gasteiger partial charge in [-0.1, -0.05) is 12.1 Å². The Morgan fingerprint density at radius 3 is 2.12 bits per heavy atom. The van der Waals surface area contributed by atoms with Gasteiger partial charge in [-0.15, -0.1) is 12.4 Å². The number of rotatable bonds is 3. The summed E-state index contributed by atoms with van der Waals surface area (Å²) in [5.74, 6) is -0.884.